The van der Waals surface area contributed by atoms with Crippen molar-refractivity contribution in [2.45, 2.75) is 102 Å². The van der Waals surface area contributed by atoms with E-state index in [1.165, 1.54) is 30.4 Å². The van der Waals surface area contributed by atoms with Crippen molar-refractivity contribution in [3.63, 3.8) is 0 Å². The Morgan fingerprint density at radius 2 is 1.23 bits per heavy atom. The molecule has 0 spiro atoms. The van der Waals surface area contributed by atoms with Gasteiger partial charge in [-0.1, -0.05) is 50.7 Å². The molecule has 0 N–H and O–H groups in total. The molecule has 0 bridgehead atoms. The standard InChI is InChI=1S/C31H40O7S2/c1-5-6-17-36-30(35)25(20(4)32)31-39-26-23(37-28(33)21-11-7-18(2)8-12-21)15-16-24(27(26)40-31)38-29(34)22-13-9-19(3)10-14-22/h15-16,18-19,21-22H,5-14,17H2,1-4H3. The van der Waals surface area contributed by atoms with Crippen molar-refractivity contribution in [1.29, 1.82) is 0 Å². The Morgan fingerprint density at radius 3 is 1.62 bits per heavy atom. The van der Waals surface area contributed by atoms with Gasteiger partial charge in [-0.25, -0.2) is 4.79 Å². The van der Waals surface area contributed by atoms with Gasteiger partial charge in [-0.2, -0.15) is 0 Å². The van der Waals surface area contributed by atoms with Crippen LogP contribution in [-0.4, -0.2) is 30.3 Å². The van der Waals surface area contributed by atoms with E-state index in [1.807, 2.05) is 6.92 Å². The highest BCUT2D eigenvalue weighted by atomic mass is 32.2. The lowest BCUT2D eigenvalue weighted by molar-refractivity contribution is -0.141. The number of thioether (sulfide) groups is 2. The van der Waals surface area contributed by atoms with Crippen LogP contribution < -0.4 is 9.47 Å². The van der Waals surface area contributed by atoms with Gasteiger partial charge in [0.1, 0.15) is 17.1 Å². The molecule has 2 fully saturated rings. The lowest BCUT2D eigenvalue weighted by Crippen LogP contribution is -2.25. The SMILES string of the molecule is CCCCOC(=O)C(C(C)=O)=C1Sc2c(OC(=O)C3CCC(C)CC3)ccc(OC(=O)C3CCC(C)CC3)c2S1. The van der Waals surface area contributed by atoms with E-state index < -0.39 is 11.8 Å². The first-order chi connectivity index (χ1) is 19.2. The molecular formula is C31H40O7S2. The highest BCUT2D eigenvalue weighted by Crippen LogP contribution is 2.59. The van der Waals surface area contributed by atoms with Crippen LogP contribution in [0.4, 0.5) is 0 Å². The van der Waals surface area contributed by atoms with Crippen molar-refractivity contribution in [3.8, 4) is 11.5 Å². The fourth-order valence-corrected chi connectivity index (χ4v) is 8.07. The zero-order valence-corrected chi connectivity index (χ0v) is 25.5. The third-order valence-electron chi connectivity index (χ3n) is 8.04. The highest BCUT2D eigenvalue weighted by molar-refractivity contribution is 8.25. The minimum absolute atomic E-state index is 0.0422. The fourth-order valence-electron chi connectivity index (χ4n) is 5.32. The summed E-state index contributed by atoms with van der Waals surface area (Å²) in [5, 5.41) is 0. The number of fused-ring (bicyclic) bond motifs is 1. The second kappa shape index (κ2) is 14.1. The maximum atomic E-state index is 13.1. The fraction of sp³-hybridized carbons (Fsp3) is 0.613. The number of hydrogen-bond acceptors (Lipinski definition) is 9. The number of ketones is 1. The molecule has 0 aromatic heterocycles. The second-order valence-electron chi connectivity index (χ2n) is 11.4. The maximum absolute atomic E-state index is 13.1. The number of ether oxygens (including phenoxy) is 3. The summed E-state index contributed by atoms with van der Waals surface area (Å²) in [7, 11) is 0. The lowest BCUT2D eigenvalue weighted by Gasteiger charge is -2.25. The number of unbranched alkanes of at least 4 members (excludes halogenated alkanes) is 1. The molecule has 1 aromatic rings. The second-order valence-corrected chi connectivity index (χ2v) is 13.7. The molecule has 2 aliphatic carbocycles. The quantitative estimate of drug-likeness (QED) is 0.0726. The van der Waals surface area contributed by atoms with Crippen LogP contribution in [0, 0.1) is 23.7 Å². The van der Waals surface area contributed by atoms with E-state index in [9.17, 15) is 19.2 Å². The van der Waals surface area contributed by atoms with E-state index in [2.05, 4.69) is 13.8 Å². The summed E-state index contributed by atoms with van der Waals surface area (Å²) in [4.78, 5) is 52.8. The van der Waals surface area contributed by atoms with Gasteiger partial charge in [-0.3, -0.25) is 14.4 Å². The summed E-state index contributed by atoms with van der Waals surface area (Å²) < 4.78 is 17.6. The van der Waals surface area contributed by atoms with Crippen molar-refractivity contribution in [2.24, 2.45) is 23.7 Å². The summed E-state index contributed by atoms with van der Waals surface area (Å²) in [5.41, 5.74) is -0.0422. The van der Waals surface area contributed by atoms with Gasteiger partial charge in [-0.05, 0) is 88.7 Å². The third-order valence-corrected chi connectivity index (χ3v) is 10.7. The molecule has 7 nitrogen and oxygen atoms in total. The molecule has 0 unspecified atom stereocenters. The number of esters is 3. The number of carbonyl (C=O) groups is 4. The molecule has 1 aromatic carbocycles. The minimum Gasteiger partial charge on any atom is -0.462 e. The van der Waals surface area contributed by atoms with Gasteiger partial charge in [0.05, 0.1) is 32.5 Å². The number of benzene rings is 1. The average Bonchev–Trinajstić information content (AvgIpc) is 3.36. The molecule has 9 heteroatoms. The van der Waals surface area contributed by atoms with Crippen LogP contribution in [0.15, 0.2) is 31.7 Å². The Morgan fingerprint density at radius 1 is 0.775 bits per heavy atom. The predicted octanol–water partition coefficient (Wildman–Crippen LogP) is 7.49. The minimum atomic E-state index is -0.673. The van der Waals surface area contributed by atoms with E-state index in [1.54, 1.807) is 12.1 Å². The molecule has 2 saturated carbocycles. The van der Waals surface area contributed by atoms with Crippen LogP contribution in [0.5, 0.6) is 11.5 Å². The Labute approximate surface area is 245 Å². The van der Waals surface area contributed by atoms with E-state index in [-0.39, 0.29) is 36.0 Å². The smallest absolute Gasteiger partial charge is 0.343 e. The summed E-state index contributed by atoms with van der Waals surface area (Å²) in [5.74, 6) is -0.0376. The number of Topliss-reactive ketones (excluding diaryl/α,β-unsaturated/α-hetero) is 1. The number of rotatable bonds is 9. The number of hydrogen-bond donors (Lipinski definition) is 0. The maximum Gasteiger partial charge on any atom is 0.343 e. The normalized spacial score (nSPS) is 24.1. The van der Waals surface area contributed by atoms with Gasteiger partial charge in [0.15, 0.2) is 5.78 Å². The van der Waals surface area contributed by atoms with Crippen LogP contribution in [0.3, 0.4) is 0 Å². The van der Waals surface area contributed by atoms with Crippen molar-refractivity contribution in [2.75, 3.05) is 6.61 Å². The van der Waals surface area contributed by atoms with Crippen molar-refractivity contribution >= 4 is 47.2 Å². The molecule has 218 valence electrons. The zero-order chi connectivity index (χ0) is 28.8. The lowest BCUT2D eigenvalue weighted by atomic mass is 9.83. The van der Waals surface area contributed by atoms with Crippen molar-refractivity contribution in [3.05, 3.63) is 21.9 Å². The Balaban J connectivity index is 1.62. The zero-order valence-electron chi connectivity index (χ0n) is 23.9. The van der Waals surface area contributed by atoms with Crippen LogP contribution in [0.1, 0.15) is 91.9 Å². The first-order valence-corrected chi connectivity index (χ1v) is 16.2. The summed E-state index contributed by atoms with van der Waals surface area (Å²) in [6.07, 6.45) is 8.71. The summed E-state index contributed by atoms with van der Waals surface area (Å²) in [6, 6.07) is 3.30. The molecule has 0 atom stereocenters. The molecule has 4 rings (SSSR count). The summed E-state index contributed by atoms with van der Waals surface area (Å²) in [6.45, 7) is 7.95. The van der Waals surface area contributed by atoms with Crippen LogP contribution >= 0.6 is 23.5 Å². The van der Waals surface area contributed by atoms with Crippen molar-refractivity contribution < 1.29 is 33.4 Å². The van der Waals surface area contributed by atoms with Crippen LogP contribution in [0.2, 0.25) is 0 Å². The van der Waals surface area contributed by atoms with E-state index in [0.717, 1.165) is 57.8 Å². The number of carbonyl (C=O) groups excluding carboxylic acids is 4. The molecule has 1 heterocycles. The molecule has 0 saturated heterocycles. The first kappa shape index (κ1) is 30.7. The molecule has 3 aliphatic rings. The molecular weight excluding hydrogens is 548 g/mol. The molecule has 1 aliphatic heterocycles. The Kier molecular flexibility index (Phi) is 10.8. The van der Waals surface area contributed by atoms with E-state index >= 15 is 0 Å². The van der Waals surface area contributed by atoms with E-state index in [0.29, 0.717) is 43.8 Å². The first-order valence-electron chi connectivity index (χ1n) is 14.6. The van der Waals surface area contributed by atoms with E-state index in [4.69, 9.17) is 14.2 Å². The van der Waals surface area contributed by atoms with Crippen molar-refractivity contribution in [1.82, 2.24) is 0 Å². The molecule has 0 amide bonds. The largest absolute Gasteiger partial charge is 0.462 e. The third kappa shape index (κ3) is 7.52. The topological polar surface area (TPSA) is 96.0 Å². The molecule has 0 radical (unpaired) electrons. The van der Waals surface area contributed by atoms with Gasteiger partial charge in [-0.15, -0.1) is 0 Å². The van der Waals surface area contributed by atoms with Gasteiger partial charge < -0.3 is 14.2 Å². The predicted molar refractivity (Wildman–Crippen MR) is 155 cm³/mol. The van der Waals surface area contributed by atoms with Crippen LogP contribution in [-0.2, 0) is 23.9 Å². The summed E-state index contributed by atoms with van der Waals surface area (Å²) >= 11 is 2.37. The Bertz CT molecular complexity index is 1090. The Hall–Kier alpha value is -2.26. The van der Waals surface area contributed by atoms with Gasteiger partial charge >= 0.3 is 17.9 Å². The van der Waals surface area contributed by atoms with Gasteiger partial charge in [0.2, 0.25) is 0 Å². The van der Waals surface area contributed by atoms with Crippen LogP contribution in [0.25, 0.3) is 0 Å². The van der Waals surface area contributed by atoms with Gasteiger partial charge in [0.25, 0.3) is 0 Å². The molecule has 40 heavy (non-hydrogen) atoms. The average molecular weight is 589 g/mol. The van der Waals surface area contributed by atoms with Gasteiger partial charge in [0, 0.05) is 0 Å². The monoisotopic (exact) mass is 588 g/mol. The highest BCUT2D eigenvalue weighted by Gasteiger charge is 2.35.